The predicted molar refractivity (Wildman–Crippen MR) is 87.3 cm³/mol. The highest BCUT2D eigenvalue weighted by Gasteiger charge is 2.31. The fourth-order valence-electron chi connectivity index (χ4n) is 2.89. The number of carboxylic acid groups (broad SMARTS) is 1. The summed E-state index contributed by atoms with van der Waals surface area (Å²) in [6.45, 7) is 4.19. The van der Waals surface area contributed by atoms with E-state index in [1.54, 1.807) is 11.6 Å². The van der Waals surface area contributed by atoms with Crippen LogP contribution in [-0.2, 0) is 16.1 Å². The molecule has 1 aliphatic heterocycles. The number of benzene rings is 1. The molecule has 0 saturated carbocycles. The summed E-state index contributed by atoms with van der Waals surface area (Å²) >= 11 is 0. The number of amides is 1. The molecule has 1 amide bonds. The van der Waals surface area contributed by atoms with E-state index in [2.05, 4.69) is 10.4 Å². The Bertz CT molecular complexity index is 797. The van der Waals surface area contributed by atoms with Gasteiger partial charge < -0.3 is 15.2 Å². The average molecular weight is 329 g/mol. The van der Waals surface area contributed by atoms with Crippen LogP contribution >= 0.6 is 0 Å². The number of nitrogens with one attached hydrogen (secondary N) is 1. The normalized spacial score (nSPS) is 15.7. The molecular weight excluding hydrogens is 310 g/mol. The van der Waals surface area contributed by atoms with Gasteiger partial charge in [0.05, 0.1) is 30.0 Å². The minimum atomic E-state index is -0.882. The number of carbonyl (C=O) groups is 2. The molecule has 7 heteroatoms. The molecule has 1 atom stereocenters. The number of hydrogen-bond donors (Lipinski definition) is 2. The smallest absolute Gasteiger partial charge is 0.305 e. The molecule has 3 rings (SSSR count). The molecule has 1 aromatic carbocycles. The Labute approximate surface area is 139 Å². The summed E-state index contributed by atoms with van der Waals surface area (Å²) in [6.07, 6.45) is -0.0147. The molecule has 126 valence electrons. The van der Waals surface area contributed by atoms with E-state index in [0.717, 1.165) is 17.0 Å². The lowest BCUT2D eigenvalue weighted by Gasteiger charge is -2.11. The zero-order valence-electron chi connectivity index (χ0n) is 13.6. The van der Waals surface area contributed by atoms with Gasteiger partial charge >= 0.3 is 5.97 Å². The number of para-hydroxylation sites is 1. The number of hydrogen-bond acceptors (Lipinski definition) is 4. The van der Waals surface area contributed by atoms with Crippen LogP contribution in [0.4, 0.5) is 5.69 Å². The lowest BCUT2D eigenvalue weighted by atomic mass is 10.0. The largest absolute Gasteiger partial charge is 0.492 e. The van der Waals surface area contributed by atoms with Gasteiger partial charge in [-0.25, -0.2) is 0 Å². The summed E-state index contributed by atoms with van der Waals surface area (Å²) < 4.78 is 7.16. The summed E-state index contributed by atoms with van der Waals surface area (Å²) in [7, 11) is 0. The molecule has 2 N–H and O–H groups in total. The molecule has 0 saturated heterocycles. The first-order valence-corrected chi connectivity index (χ1v) is 7.75. The number of aliphatic carboxylic acids is 1. The first-order chi connectivity index (χ1) is 11.5. The zero-order valence-corrected chi connectivity index (χ0v) is 13.6. The van der Waals surface area contributed by atoms with Crippen LogP contribution in [-0.4, -0.2) is 33.4 Å². The molecule has 1 aromatic heterocycles. The van der Waals surface area contributed by atoms with E-state index >= 15 is 0 Å². The zero-order chi connectivity index (χ0) is 17.3. The standard InChI is InChI=1S/C17H19N3O4/c1-10-16(11(2)20(19-10)8-7-15(21)22)18-17(23)13-9-24-14-6-4-3-5-12(13)14/h3-6,13H,7-9H2,1-2H3,(H,18,23)(H,21,22). The maximum atomic E-state index is 12.6. The van der Waals surface area contributed by atoms with Crippen LogP contribution in [0.25, 0.3) is 0 Å². The maximum absolute atomic E-state index is 12.6. The average Bonchev–Trinajstić information content (AvgIpc) is 3.09. The van der Waals surface area contributed by atoms with Crippen molar-refractivity contribution in [3.05, 3.63) is 41.2 Å². The number of carbonyl (C=O) groups excluding carboxylic acids is 1. The molecular formula is C17H19N3O4. The molecule has 0 radical (unpaired) electrons. The molecule has 0 fully saturated rings. The molecule has 0 spiro atoms. The summed E-state index contributed by atoms with van der Waals surface area (Å²) in [5.74, 6) is -0.651. The van der Waals surface area contributed by atoms with Crippen LogP contribution in [0, 0.1) is 13.8 Å². The Balaban J connectivity index is 1.77. The molecule has 1 unspecified atom stereocenters. The van der Waals surface area contributed by atoms with Crippen molar-refractivity contribution in [3.8, 4) is 5.75 Å². The minimum absolute atomic E-state index is 0.0147. The van der Waals surface area contributed by atoms with E-state index in [4.69, 9.17) is 9.84 Å². The highest BCUT2D eigenvalue weighted by Crippen LogP contribution is 2.34. The summed E-state index contributed by atoms with van der Waals surface area (Å²) in [6, 6.07) is 7.50. The fraction of sp³-hybridized carbons (Fsp3) is 0.353. The number of nitrogens with zero attached hydrogens (tertiary/aromatic N) is 2. The number of aryl methyl sites for hydroxylation is 2. The van der Waals surface area contributed by atoms with Gasteiger partial charge in [0.2, 0.25) is 5.91 Å². The Morgan fingerprint density at radius 3 is 2.88 bits per heavy atom. The van der Waals surface area contributed by atoms with Crippen LogP contribution in [0.2, 0.25) is 0 Å². The van der Waals surface area contributed by atoms with Crippen molar-refractivity contribution in [3.63, 3.8) is 0 Å². The number of fused-ring (bicyclic) bond motifs is 1. The second kappa shape index (κ2) is 6.35. The van der Waals surface area contributed by atoms with Crippen molar-refractivity contribution in [2.24, 2.45) is 0 Å². The second-order valence-corrected chi connectivity index (χ2v) is 5.80. The first kappa shape index (κ1) is 16.0. The van der Waals surface area contributed by atoms with Crippen molar-refractivity contribution >= 4 is 17.6 Å². The van der Waals surface area contributed by atoms with E-state index in [1.807, 2.05) is 31.2 Å². The lowest BCUT2D eigenvalue weighted by Crippen LogP contribution is -2.22. The van der Waals surface area contributed by atoms with Gasteiger partial charge in [-0.15, -0.1) is 0 Å². The Hall–Kier alpha value is -2.83. The number of carboxylic acids is 1. The van der Waals surface area contributed by atoms with Gasteiger partial charge in [-0.05, 0) is 19.9 Å². The van der Waals surface area contributed by atoms with Gasteiger partial charge in [0.1, 0.15) is 18.3 Å². The molecule has 0 bridgehead atoms. The molecule has 24 heavy (non-hydrogen) atoms. The Kier molecular flexibility index (Phi) is 4.24. The molecule has 0 aliphatic carbocycles. The van der Waals surface area contributed by atoms with E-state index in [1.165, 1.54) is 0 Å². The van der Waals surface area contributed by atoms with E-state index in [0.29, 0.717) is 18.0 Å². The fourth-order valence-corrected chi connectivity index (χ4v) is 2.89. The van der Waals surface area contributed by atoms with Crippen LogP contribution in [0.1, 0.15) is 29.3 Å². The van der Waals surface area contributed by atoms with E-state index < -0.39 is 5.97 Å². The lowest BCUT2D eigenvalue weighted by molar-refractivity contribution is -0.137. The minimum Gasteiger partial charge on any atom is -0.492 e. The van der Waals surface area contributed by atoms with Crippen molar-refractivity contribution in [1.29, 1.82) is 0 Å². The van der Waals surface area contributed by atoms with Crippen molar-refractivity contribution < 1.29 is 19.4 Å². The number of rotatable bonds is 5. The van der Waals surface area contributed by atoms with Crippen molar-refractivity contribution in [2.45, 2.75) is 32.7 Å². The quantitative estimate of drug-likeness (QED) is 0.876. The van der Waals surface area contributed by atoms with Crippen LogP contribution in [0.5, 0.6) is 5.75 Å². The molecule has 7 nitrogen and oxygen atoms in total. The first-order valence-electron chi connectivity index (χ1n) is 7.75. The maximum Gasteiger partial charge on any atom is 0.305 e. The molecule has 2 heterocycles. The molecule has 2 aromatic rings. The van der Waals surface area contributed by atoms with Crippen LogP contribution < -0.4 is 10.1 Å². The van der Waals surface area contributed by atoms with Crippen molar-refractivity contribution in [1.82, 2.24) is 9.78 Å². The second-order valence-electron chi connectivity index (χ2n) is 5.80. The highest BCUT2D eigenvalue weighted by molar-refractivity contribution is 5.97. The van der Waals surface area contributed by atoms with Gasteiger partial charge in [0.15, 0.2) is 0 Å². The molecule has 1 aliphatic rings. The van der Waals surface area contributed by atoms with E-state index in [-0.39, 0.29) is 24.8 Å². The third kappa shape index (κ3) is 2.97. The third-order valence-corrected chi connectivity index (χ3v) is 4.18. The van der Waals surface area contributed by atoms with Crippen LogP contribution in [0.15, 0.2) is 24.3 Å². The Morgan fingerprint density at radius 2 is 2.12 bits per heavy atom. The summed E-state index contributed by atoms with van der Waals surface area (Å²) in [4.78, 5) is 23.4. The number of ether oxygens (including phenoxy) is 1. The number of aromatic nitrogens is 2. The van der Waals surface area contributed by atoms with Gasteiger partial charge in [0.25, 0.3) is 0 Å². The van der Waals surface area contributed by atoms with Gasteiger partial charge in [0, 0.05) is 5.56 Å². The highest BCUT2D eigenvalue weighted by atomic mass is 16.5. The summed E-state index contributed by atoms with van der Waals surface area (Å²) in [5.41, 5.74) is 2.92. The van der Waals surface area contributed by atoms with Gasteiger partial charge in [-0.2, -0.15) is 5.10 Å². The SMILES string of the molecule is Cc1nn(CCC(=O)O)c(C)c1NC(=O)C1COc2ccccc21. The Morgan fingerprint density at radius 1 is 1.38 bits per heavy atom. The van der Waals surface area contributed by atoms with Gasteiger partial charge in [-0.3, -0.25) is 14.3 Å². The van der Waals surface area contributed by atoms with E-state index in [9.17, 15) is 9.59 Å². The third-order valence-electron chi connectivity index (χ3n) is 4.18. The van der Waals surface area contributed by atoms with Crippen LogP contribution in [0.3, 0.4) is 0 Å². The topological polar surface area (TPSA) is 93.5 Å². The predicted octanol–water partition coefficient (Wildman–Crippen LogP) is 2.09. The summed E-state index contributed by atoms with van der Waals surface area (Å²) in [5, 5.41) is 16.0. The van der Waals surface area contributed by atoms with Gasteiger partial charge in [-0.1, -0.05) is 18.2 Å². The van der Waals surface area contributed by atoms with Crippen molar-refractivity contribution in [2.75, 3.05) is 11.9 Å². The monoisotopic (exact) mass is 329 g/mol. The number of anilines is 1.